The standard InChI is InChI=1S/C17H23FN2O/c1-19-9-3-7-15(19)16-8-4-10-20(16)17(21)12-13-5-2-6-14(18)11-13/h2,5-6,11,15-16H,3-4,7-10,12H2,1H3/t15-,16+/m0/s1. The van der Waals surface area contributed by atoms with Gasteiger partial charge in [-0.25, -0.2) is 4.39 Å². The molecule has 4 heteroatoms. The maximum Gasteiger partial charge on any atom is 0.227 e. The Morgan fingerprint density at radius 2 is 2.00 bits per heavy atom. The average Bonchev–Trinajstić information content (AvgIpc) is 3.06. The lowest BCUT2D eigenvalue weighted by molar-refractivity contribution is -0.132. The summed E-state index contributed by atoms with van der Waals surface area (Å²) < 4.78 is 13.2. The van der Waals surface area contributed by atoms with Crippen molar-refractivity contribution in [2.45, 2.75) is 44.2 Å². The van der Waals surface area contributed by atoms with Crippen molar-refractivity contribution in [3.8, 4) is 0 Å². The third-order valence-electron chi connectivity index (χ3n) is 4.88. The Hall–Kier alpha value is -1.42. The molecule has 1 aromatic carbocycles. The molecule has 2 atom stereocenters. The molecule has 2 heterocycles. The van der Waals surface area contributed by atoms with E-state index >= 15 is 0 Å². The van der Waals surface area contributed by atoms with Crippen molar-refractivity contribution in [2.24, 2.45) is 0 Å². The molecule has 0 radical (unpaired) electrons. The highest BCUT2D eigenvalue weighted by molar-refractivity contribution is 5.79. The van der Waals surface area contributed by atoms with E-state index in [9.17, 15) is 9.18 Å². The number of rotatable bonds is 3. The molecule has 2 aliphatic rings. The van der Waals surface area contributed by atoms with E-state index in [0.717, 1.165) is 31.5 Å². The molecule has 0 saturated carbocycles. The molecule has 0 spiro atoms. The smallest absolute Gasteiger partial charge is 0.227 e. The first-order valence-electron chi connectivity index (χ1n) is 7.89. The van der Waals surface area contributed by atoms with Crippen LogP contribution in [0.4, 0.5) is 4.39 Å². The number of benzene rings is 1. The first kappa shape index (κ1) is 14.5. The molecule has 2 fully saturated rings. The molecule has 0 aliphatic carbocycles. The van der Waals surface area contributed by atoms with Crippen LogP contribution < -0.4 is 0 Å². The van der Waals surface area contributed by atoms with Crippen LogP contribution in [0.2, 0.25) is 0 Å². The number of nitrogens with zero attached hydrogens (tertiary/aromatic N) is 2. The number of carbonyl (C=O) groups excluding carboxylic acids is 1. The normalized spacial score (nSPS) is 26.5. The number of hydrogen-bond donors (Lipinski definition) is 0. The van der Waals surface area contributed by atoms with Gasteiger partial charge in [-0.1, -0.05) is 12.1 Å². The average molecular weight is 290 g/mol. The van der Waals surface area contributed by atoms with Gasteiger partial charge in [0, 0.05) is 18.6 Å². The molecule has 1 aromatic rings. The lowest BCUT2D eigenvalue weighted by atomic mass is 10.0. The molecule has 2 aliphatic heterocycles. The van der Waals surface area contributed by atoms with Gasteiger partial charge in [0.2, 0.25) is 5.91 Å². The molecule has 2 saturated heterocycles. The summed E-state index contributed by atoms with van der Waals surface area (Å²) >= 11 is 0. The SMILES string of the molecule is CN1CCC[C@H]1[C@H]1CCCN1C(=O)Cc1cccc(F)c1. The second-order valence-corrected chi connectivity index (χ2v) is 6.29. The highest BCUT2D eigenvalue weighted by Crippen LogP contribution is 2.29. The van der Waals surface area contributed by atoms with Gasteiger partial charge in [-0.05, 0) is 57.0 Å². The van der Waals surface area contributed by atoms with E-state index in [1.807, 2.05) is 11.0 Å². The number of halogens is 1. The summed E-state index contributed by atoms with van der Waals surface area (Å²) in [6.07, 6.45) is 4.91. The van der Waals surface area contributed by atoms with Crippen LogP contribution in [0.15, 0.2) is 24.3 Å². The number of hydrogen-bond acceptors (Lipinski definition) is 2. The minimum atomic E-state index is -0.270. The first-order valence-corrected chi connectivity index (χ1v) is 7.89. The van der Waals surface area contributed by atoms with Crippen LogP contribution in [0.5, 0.6) is 0 Å². The van der Waals surface area contributed by atoms with Crippen molar-refractivity contribution in [1.82, 2.24) is 9.80 Å². The van der Waals surface area contributed by atoms with E-state index < -0.39 is 0 Å². The molecule has 3 nitrogen and oxygen atoms in total. The van der Waals surface area contributed by atoms with Gasteiger partial charge in [-0.3, -0.25) is 4.79 Å². The van der Waals surface area contributed by atoms with E-state index in [-0.39, 0.29) is 11.7 Å². The van der Waals surface area contributed by atoms with Gasteiger partial charge in [0.15, 0.2) is 0 Å². The number of likely N-dealkylation sites (N-methyl/N-ethyl adjacent to an activating group) is 1. The van der Waals surface area contributed by atoms with Gasteiger partial charge in [-0.2, -0.15) is 0 Å². The Balaban J connectivity index is 1.68. The maximum atomic E-state index is 13.2. The Labute approximate surface area is 125 Å². The van der Waals surface area contributed by atoms with Crippen LogP contribution in [-0.4, -0.2) is 47.9 Å². The summed E-state index contributed by atoms with van der Waals surface area (Å²) in [6.45, 7) is 1.98. The number of carbonyl (C=O) groups is 1. The lowest BCUT2D eigenvalue weighted by Crippen LogP contribution is -2.47. The van der Waals surface area contributed by atoms with Crippen LogP contribution >= 0.6 is 0 Å². The Kier molecular flexibility index (Phi) is 4.24. The third kappa shape index (κ3) is 3.10. The Bertz CT molecular complexity index is 519. The molecule has 0 unspecified atom stereocenters. The van der Waals surface area contributed by atoms with E-state index in [4.69, 9.17) is 0 Å². The van der Waals surface area contributed by atoms with Gasteiger partial charge in [0.1, 0.15) is 5.82 Å². The molecular formula is C17H23FN2O. The maximum absolute atomic E-state index is 13.2. The molecule has 1 amide bonds. The minimum Gasteiger partial charge on any atom is -0.338 e. The van der Waals surface area contributed by atoms with Crippen molar-refractivity contribution in [1.29, 1.82) is 0 Å². The third-order valence-corrected chi connectivity index (χ3v) is 4.88. The van der Waals surface area contributed by atoms with Crippen molar-refractivity contribution in [3.63, 3.8) is 0 Å². The van der Waals surface area contributed by atoms with Crippen molar-refractivity contribution >= 4 is 5.91 Å². The molecule has 3 rings (SSSR count). The van der Waals surface area contributed by atoms with Gasteiger partial charge in [-0.15, -0.1) is 0 Å². The number of amides is 1. The Morgan fingerprint density at radius 3 is 2.71 bits per heavy atom. The molecular weight excluding hydrogens is 267 g/mol. The molecule has 0 bridgehead atoms. The predicted molar refractivity (Wildman–Crippen MR) is 80.5 cm³/mol. The predicted octanol–water partition coefficient (Wildman–Crippen LogP) is 2.45. The fourth-order valence-electron chi connectivity index (χ4n) is 3.85. The zero-order valence-corrected chi connectivity index (χ0v) is 12.6. The summed E-state index contributed by atoms with van der Waals surface area (Å²) in [5.41, 5.74) is 0.769. The summed E-state index contributed by atoms with van der Waals surface area (Å²) in [7, 11) is 2.16. The topological polar surface area (TPSA) is 23.6 Å². The van der Waals surface area contributed by atoms with Crippen LogP contribution in [-0.2, 0) is 11.2 Å². The fourth-order valence-corrected chi connectivity index (χ4v) is 3.85. The first-order chi connectivity index (χ1) is 10.1. The van der Waals surface area contributed by atoms with Crippen LogP contribution in [0.3, 0.4) is 0 Å². The fraction of sp³-hybridized carbons (Fsp3) is 0.588. The van der Waals surface area contributed by atoms with Gasteiger partial charge in [0.25, 0.3) is 0 Å². The van der Waals surface area contributed by atoms with Gasteiger partial charge >= 0.3 is 0 Å². The van der Waals surface area contributed by atoms with Crippen molar-refractivity contribution < 1.29 is 9.18 Å². The molecule has 0 N–H and O–H groups in total. The molecule has 0 aromatic heterocycles. The van der Waals surface area contributed by atoms with Crippen LogP contribution in [0, 0.1) is 5.82 Å². The second kappa shape index (κ2) is 6.14. The molecule has 21 heavy (non-hydrogen) atoms. The largest absolute Gasteiger partial charge is 0.338 e. The zero-order valence-electron chi connectivity index (χ0n) is 12.6. The van der Waals surface area contributed by atoms with Crippen molar-refractivity contribution in [3.05, 3.63) is 35.6 Å². The Morgan fingerprint density at radius 1 is 1.24 bits per heavy atom. The summed E-state index contributed by atoms with van der Waals surface area (Å²) in [6, 6.07) is 7.23. The van der Waals surface area contributed by atoms with E-state index in [1.54, 1.807) is 6.07 Å². The zero-order chi connectivity index (χ0) is 14.8. The van der Waals surface area contributed by atoms with Crippen LogP contribution in [0.1, 0.15) is 31.2 Å². The second-order valence-electron chi connectivity index (χ2n) is 6.29. The highest BCUT2D eigenvalue weighted by Gasteiger charge is 2.38. The van der Waals surface area contributed by atoms with E-state index in [0.29, 0.717) is 18.5 Å². The van der Waals surface area contributed by atoms with Crippen molar-refractivity contribution in [2.75, 3.05) is 20.1 Å². The summed E-state index contributed by atoms with van der Waals surface area (Å²) in [5.74, 6) is -0.128. The summed E-state index contributed by atoms with van der Waals surface area (Å²) in [5, 5.41) is 0. The highest BCUT2D eigenvalue weighted by atomic mass is 19.1. The monoisotopic (exact) mass is 290 g/mol. The van der Waals surface area contributed by atoms with Gasteiger partial charge in [0.05, 0.1) is 6.42 Å². The van der Waals surface area contributed by atoms with E-state index in [2.05, 4.69) is 11.9 Å². The van der Waals surface area contributed by atoms with Crippen LogP contribution in [0.25, 0.3) is 0 Å². The lowest BCUT2D eigenvalue weighted by Gasteiger charge is -2.33. The summed E-state index contributed by atoms with van der Waals surface area (Å²) in [4.78, 5) is 17.0. The van der Waals surface area contributed by atoms with Gasteiger partial charge < -0.3 is 9.80 Å². The quantitative estimate of drug-likeness (QED) is 0.854. The van der Waals surface area contributed by atoms with E-state index in [1.165, 1.54) is 25.0 Å². The number of likely N-dealkylation sites (tertiary alicyclic amines) is 2. The minimum absolute atomic E-state index is 0.142. The molecule has 114 valence electrons.